The number of aryl methyl sites for hydroxylation is 1. The summed E-state index contributed by atoms with van der Waals surface area (Å²) in [6, 6.07) is 0. The van der Waals surface area contributed by atoms with Crippen LogP contribution in [0.4, 0.5) is 0 Å². The van der Waals surface area contributed by atoms with Gasteiger partial charge >= 0.3 is 5.97 Å². The molecule has 19 heavy (non-hydrogen) atoms. The van der Waals surface area contributed by atoms with Crippen molar-refractivity contribution < 1.29 is 9.53 Å². The van der Waals surface area contributed by atoms with Crippen LogP contribution < -0.4 is 5.32 Å². The lowest BCUT2D eigenvalue weighted by Gasteiger charge is -2.30. The van der Waals surface area contributed by atoms with Crippen LogP contribution in [0.15, 0.2) is 11.5 Å². The highest BCUT2D eigenvalue weighted by molar-refractivity contribution is 7.99. The third kappa shape index (κ3) is 2.92. The van der Waals surface area contributed by atoms with Gasteiger partial charge in [0.05, 0.1) is 6.61 Å². The van der Waals surface area contributed by atoms with E-state index in [0.717, 1.165) is 18.0 Å². The van der Waals surface area contributed by atoms with Gasteiger partial charge in [0.15, 0.2) is 5.16 Å². The van der Waals surface area contributed by atoms with Crippen molar-refractivity contribution >= 4 is 17.7 Å². The van der Waals surface area contributed by atoms with Crippen molar-refractivity contribution in [3.05, 3.63) is 6.33 Å². The van der Waals surface area contributed by atoms with E-state index in [2.05, 4.69) is 15.5 Å². The van der Waals surface area contributed by atoms with E-state index in [4.69, 9.17) is 4.74 Å². The lowest BCUT2D eigenvalue weighted by molar-refractivity contribution is -0.150. The quantitative estimate of drug-likeness (QED) is 0.591. The van der Waals surface area contributed by atoms with Crippen molar-refractivity contribution in [1.29, 1.82) is 0 Å². The molecule has 1 fully saturated rings. The number of thioether (sulfide) groups is 1. The van der Waals surface area contributed by atoms with Gasteiger partial charge in [-0.15, -0.1) is 10.2 Å². The van der Waals surface area contributed by atoms with E-state index in [1.54, 1.807) is 6.33 Å². The molecule has 0 aromatic carbocycles. The van der Waals surface area contributed by atoms with E-state index in [-0.39, 0.29) is 5.97 Å². The largest absolute Gasteiger partial charge is 0.465 e. The normalized spacial score (nSPS) is 18.1. The molecule has 1 aliphatic rings. The Bertz CT molecular complexity index is 447. The van der Waals surface area contributed by atoms with Gasteiger partial charge in [0, 0.05) is 12.8 Å². The van der Waals surface area contributed by atoms with Crippen LogP contribution in [0.2, 0.25) is 0 Å². The van der Waals surface area contributed by atoms with Crippen LogP contribution in [-0.4, -0.2) is 45.7 Å². The molecule has 1 atom stereocenters. The number of carbonyl (C=O) groups is 1. The molecule has 1 N–H and O–H groups in total. The third-order valence-corrected chi connectivity index (χ3v) is 4.69. The molecule has 0 amide bonds. The van der Waals surface area contributed by atoms with Gasteiger partial charge < -0.3 is 14.6 Å². The number of hydrogen-bond donors (Lipinski definition) is 1. The average Bonchev–Trinajstić information content (AvgIpc) is 3.16. The van der Waals surface area contributed by atoms with Gasteiger partial charge in [0.1, 0.15) is 11.9 Å². The second-order valence-electron chi connectivity index (χ2n) is 4.73. The molecule has 1 unspecified atom stereocenters. The third-order valence-electron chi connectivity index (χ3n) is 3.46. The minimum absolute atomic E-state index is 0.158. The number of esters is 1. The molecule has 0 spiro atoms. The molecule has 0 aliphatic heterocycles. The van der Waals surface area contributed by atoms with Gasteiger partial charge in [-0.25, -0.2) is 0 Å². The number of aromatic nitrogens is 3. The monoisotopic (exact) mass is 284 g/mol. The van der Waals surface area contributed by atoms with Crippen LogP contribution in [0.3, 0.4) is 0 Å². The average molecular weight is 284 g/mol. The first-order chi connectivity index (χ1) is 9.14. The zero-order chi connectivity index (χ0) is 13.9. The zero-order valence-electron chi connectivity index (χ0n) is 11.5. The molecule has 1 aromatic heterocycles. The number of carbonyl (C=O) groups excluding carboxylic acids is 1. The van der Waals surface area contributed by atoms with Crippen molar-refractivity contribution in [3.63, 3.8) is 0 Å². The summed E-state index contributed by atoms with van der Waals surface area (Å²) in [6.45, 7) is 2.24. The standard InChI is InChI=1S/C12H20N4O2S/c1-4-18-10(17)12(13-2,9-5-6-9)7-19-11-15-14-8-16(11)3/h8-9,13H,4-7H2,1-3H3. The Morgan fingerprint density at radius 2 is 2.42 bits per heavy atom. The number of rotatable bonds is 7. The van der Waals surface area contributed by atoms with Crippen LogP contribution in [-0.2, 0) is 16.6 Å². The fraction of sp³-hybridized carbons (Fsp3) is 0.750. The van der Waals surface area contributed by atoms with Crippen LogP contribution >= 0.6 is 11.8 Å². The number of ether oxygens (including phenoxy) is 1. The predicted molar refractivity (Wildman–Crippen MR) is 72.9 cm³/mol. The van der Waals surface area contributed by atoms with Crippen LogP contribution in [0.1, 0.15) is 19.8 Å². The van der Waals surface area contributed by atoms with Crippen LogP contribution in [0.5, 0.6) is 0 Å². The van der Waals surface area contributed by atoms with E-state index in [1.165, 1.54) is 11.8 Å². The molecule has 2 rings (SSSR count). The summed E-state index contributed by atoms with van der Waals surface area (Å²) in [4.78, 5) is 12.3. The summed E-state index contributed by atoms with van der Waals surface area (Å²) in [5, 5.41) is 11.9. The smallest absolute Gasteiger partial charge is 0.327 e. The minimum Gasteiger partial charge on any atom is -0.465 e. The minimum atomic E-state index is -0.605. The number of nitrogens with zero attached hydrogens (tertiary/aromatic N) is 3. The Morgan fingerprint density at radius 1 is 1.68 bits per heavy atom. The van der Waals surface area contributed by atoms with Gasteiger partial charge in [-0.2, -0.15) is 0 Å². The first-order valence-electron chi connectivity index (χ1n) is 6.47. The Morgan fingerprint density at radius 3 is 2.89 bits per heavy atom. The van der Waals surface area contributed by atoms with E-state index in [0.29, 0.717) is 18.3 Å². The lowest BCUT2D eigenvalue weighted by atomic mass is 9.96. The first-order valence-corrected chi connectivity index (χ1v) is 7.45. The SMILES string of the molecule is CCOC(=O)C(CSc1nncn1C)(NC)C1CC1. The Balaban J connectivity index is 2.09. The highest BCUT2D eigenvalue weighted by Crippen LogP contribution is 2.42. The van der Waals surface area contributed by atoms with E-state index in [1.807, 2.05) is 25.6 Å². The molecule has 106 valence electrons. The second-order valence-corrected chi connectivity index (χ2v) is 5.67. The maximum atomic E-state index is 12.3. The maximum Gasteiger partial charge on any atom is 0.327 e. The highest BCUT2D eigenvalue weighted by Gasteiger charge is 2.51. The molecule has 7 heteroatoms. The van der Waals surface area contributed by atoms with Gasteiger partial charge in [0.25, 0.3) is 0 Å². The second kappa shape index (κ2) is 5.92. The molecular formula is C12H20N4O2S. The van der Waals surface area contributed by atoms with Gasteiger partial charge in [0.2, 0.25) is 0 Å². The summed E-state index contributed by atoms with van der Waals surface area (Å²) in [5.41, 5.74) is -0.605. The molecule has 1 saturated carbocycles. The molecule has 0 saturated heterocycles. The maximum absolute atomic E-state index is 12.3. The first kappa shape index (κ1) is 14.3. The van der Waals surface area contributed by atoms with Crippen LogP contribution in [0.25, 0.3) is 0 Å². The summed E-state index contributed by atoms with van der Waals surface area (Å²) >= 11 is 1.53. The number of likely N-dealkylation sites (N-methyl/N-ethyl adjacent to an activating group) is 1. The Kier molecular flexibility index (Phi) is 4.46. The molecule has 0 radical (unpaired) electrons. The Hall–Kier alpha value is -1.08. The number of nitrogens with one attached hydrogen (secondary N) is 1. The summed E-state index contributed by atoms with van der Waals surface area (Å²) < 4.78 is 7.09. The summed E-state index contributed by atoms with van der Waals surface area (Å²) in [6.07, 6.45) is 3.79. The molecular weight excluding hydrogens is 264 g/mol. The molecule has 1 heterocycles. The van der Waals surface area contributed by atoms with E-state index in [9.17, 15) is 4.79 Å². The number of hydrogen-bond acceptors (Lipinski definition) is 6. The molecule has 0 bridgehead atoms. The van der Waals surface area contributed by atoms with E-state index < -0.39 is 5.54 Å². The summed E-state index contributed by atoms with van der Waals surface area (Å²) in [7, 11) is 3.72. The Labute approximate surface area is 117 Å². The zero-order valence-corrected chi connectivity index (χ0v) is 12.4. The fourth-order valence-electron chi connectivity index (χ4n) is 2.14. The molecule has 1 aromatic rings. The summed E-state index contributed by atoms with van der Waals surface area (Å²) in [5.74, 6) is 0.812. The van der Waals surface area contributed by atoms with Gasteiger partial charge in [-0.05, 0) is 32.7 Å². The molecule has 6 nitrogen and oxygen atoms in total. The van der Waals surface area contributed by atoms with E-state index >= 15 is 0 Å². The predicted octanol–water partition coefficient (Wildman–Crippen LogP) is 0.838. The van der Waals surface area contributed by atoms with Crippen molar-refractivity contribution in [2.24, 2.45) is 13.0 Å². The van der Waals surface area contributed by atoms with Crippen molar-refractivity contribution in [2.45, 2.75) is 30.5 Å². The van der Waals surface area contributed by atoms with Crippen LogP contribution in [0, 0.1) is 5.92 Å². The van der Waals surface area contributed by atoms with Crippen molar-refractivity contribution in [2.75, 3.05) is 19.4 Å². The lowest BCUT2D eigenvalue weighted by Crippen LogP contribution is -2.55. The van der Waals surface area contributed by atoms with Crippen molar-refractivity contribution in [1.82, 2.24) is 20.1 Å². The van der Waals surface area contributed by atoms with Gasteiger partial charge in [-0.1, -0.05) is 11.8 Å². The van der Waals surface area contributed by atoms with Crippen molar-refractivity contribution in [3.8, 4) is 0 Å². The highest BCUT2D eigenvalue weighted by atomic mass is 32.2. The topological polar surface area (TPSA) is 69.0 Å². The molecule has 1 aliphatic carbocycles. The fourth-order valence-corrected chi connectivity index (χ4v) is 3.35. The van der Waals surface area contributed by atoms with Gasteiger partial charge in [-0.3, -0.25) is 4.79 Å².